The number of furan rings is 1. The lowest BCUT2D eigenvalue weighted by atomic mass is 10.3. The van der Waals surface area contributed by atoms with Gasteiger partial charge in [-0.2, -0.15) is 4.31 Å². The van der Waals surface area contributed by atoms with Crippen molar-refractivity contribution in [1.82, 2.24) is 4.31 Å². The molecule has 1 aromatic heterocycles. The molecule has 0 saturated heterocycles. The Labute approximate surface area is 110 Å². The Bertz CT molecular complexity index is 648. The normalized spacial score (nSPS) is 11.9. The van der Waals surface area contributed by atoms with E-state index in [9.17, 15) is 12.8 Å². The van der Waals surface area contributed by atoms with Gasteiger partial charge in [0.2, 0.25) is 10.0 Å². The van der Waals surface area contributed by atoms with Gasteiger partial charge in [-0.3, -0.25) is 0 Å². The standard InChI is InChI=1S/C12H13FN2O3S/c1-15(8-9-4-3-7-18-9)19(16,17)12-10(13)5-2-6-11(12)14/h2-7H,8,14H2,1H3. The molecule has 0 amide bonds. The Morgan fingerprint density at radius 3 is 2.63 bits per heavy atom. The lowest BCUT2D eigenvalue weighted by molar-refractivity contribution is 0.404. The fourth-order valence-corrected chi connectivity index (χ4v) is 2.95. The van der Waals surface area contributed by atoms with Gasteiger partial charge in [-0.25, -0.2) is 12.8 Å². The fraction of sp³-hybridized carbons (Fsp3) is 0.167. The molecule has 0 saturated carbocycles. The lowest BCUT2D eigenvalue weighted by Gasteiger charge is -2.17. The van der Waals surface area contributed by atoms with Crippen LogP contribution in [0.5, 0.6) is 0 Å². The molecule has 0 aliphatic carbocycles. The number of nitrogens with two attached hydrogens (primary N) is 1. The topological polar surface area (TPSA) is 76.5 Å². The van der Waals surface area contributed by atoms with Gasteiger partial charge in [0.25, 0.3) is 0 Å². The van der Waals surface area contributed by atoms with Crippen molar-refractivity contribution < 1.29 is 17.2 Å². The molecule has 0 aliphatic heterocycles. The van der Waals surface area contributed by atoms with Gasteiger partial charge in [0.1, 0.15) is 16.5 Å². The molecule has 1 heterocycles. The highest BCUT2D eigenvalue weighted by Gasteiger charge is 2.27. The van der Waals surface area contributed by atoms with E-state index in [1.54, 1.807) is 12.1 Å². The predicted molar refractivity (Wildman–Crippen MR) is 68.2 cm³/mol. The smallest absolute Gasteiger partial charge is 0.248 e. The summed E-state index contributed by atoms with van der Waals surface area (Å²) in [6.07, 6.45) is 1.44. The number of nitrogen functional groups attached to an aromatic ring is 1. The van der Waals surface area contributed by atoms with Gasteiger partial charge in [0.15, 0.2) is 0 Å². The maximum atomic E-state index is 13.7. The number of hydrogen-bond donors (Lipinski definition) is 1. The van der Waals surface area contributed by atoms with E-state index in [-0.39, 0.29) is 12.2 Å². The number of halogens is 1. The minimum absolute atomic E-state index is 0.00308. The van der Waals surface area contributed by atoms with Crippen molar-refractivity contribution in [1.29, 1.82) is 0 Å². The molecular weight excluding hydrogens is 271 g/mol. The zero-order valence-electron chi connectivity index (χ0n) is 10.2. The molecule has 19 heavy (non-hydrogen) atoms. The van der Waals surface area contributed by atoms with Crippen LogP contribution in [0, 0.1) is 5.82 Å². The van der Waals surface area contributed by atoms with Crippen molar-refractivity contribution in [3.8, 4) is 0 Å². The quantitative estimate of drug-likeness (QED) is 0.869. The SMILES string of the molecule is CN(Cc1ccco1)S(=O)(=O)c1c(N)cccc1F. The van der Waals surface area contributed by atoms with E-state index in [2.05, 4.69) is 0 Å². The van der Waals surface area contributed by atoms with Crippen LogP contribution >= 0.6 is 0 Å². The fourth-order valence-electron chi connectivity index (χ4n) is 1.66. The molecule has 5 nitrogen and oxygen atoms in total. The zero-order chi connectivity index (χ0) is 14.0. The average molecular weight is 284 g/mol. The van der Waals surface area contributed by atoms with Crippen LogP contribution < -0.4 is 5.73 Å². The lowest BCUT2D eigenvalue weighted by Crippen LogP contribution is -2.27. The van der Waals surface area contributed by atoms with Crippen LogP contribution in [0.3, 0.4) is 0 Å². The minimum atomic E-state index is -4.00. The number of benzene rings is 1. The molecule has 2 aromatic rings. The van der Waals surface area contributed by atoms with E-state index in [1.165, 1.54) is 25.4 Å². The molecule has 0 aliphatic rings. The summed E-state index contributed by atoms with van der Waals surface area (Å²) in [6.45, 7) is 0.00308. The highest BCUT2D eigenvalue weighted by atomic mass is 32.2. The Kier molecular flexibility index (Phi) is 3.59. The first kappa shape index (κ1) is 13.6. The molecule has 0 spiro atoms. The summed E-state index contributed by atoms with van der Waals surface area (Å²) in [5.74, 6) is -0.410. The molecule has 0 fully saturated rings. The number of hydrogen-bond acceptors (Lipinski definition) is 4. The number of nitrogens with zero attached hydrogens (tertiary/aromatic N) is 1. The third kappa shape index (κ3) is 2.61. The first-order valence-electron chi connectivity index (χ1n) is 5.45. The third-order valence-electron chi connectivity index (χ3n) is 2.62. The van der Waals surface area contributed by atoms with Crippen LogP contribution in [0.4, 0.5) is 10.1 Å². The summed E-state index contributed by atoms with van der Waals surface area (Å²) in [5, 5.41) is 0. The van der Waals surface area contributed by atoms with Crippen molar-refractivity contribution in [2.24, 2.45) is 0 Å². The summed E-state index contributed by atoms with van der Waals surface area (Å²) in [4.78, 5) is -0.510. The van der Waals surface area contributed by atoms with E-state index in [0.717, 1.165) is 10.4 Å². The van der Waals surface area contributed by atoms with Gasteiger partial charge in [0, 0.05) is 7.05 Å². The van der Waals surface area contributed by atoms with Crippen LogP contribution in [-0.2, 0) is 16.6 Å². The molecule has 0 unspecified atom stereocenters. The summed E-state index contributed by atoms with van der Waals surface area (Å²) in [6, 6.07) is 7.04. The van der Waals surface area contributed by atoms with Gasteiger partial charge in [-0.1, -0.05) is 6.07 Å². The van der Waals surface area contributed by atoms with Crippen LogP contribution in [-0.4, -0.2) is 19.8 Å². The van der Waals surface area contributed by atoms with E-state index >= 15 is 0 Å². The van der Waals surface area contributed by atoms with Gasteiger partial charge in [-0.15, -0.1) is 0 Å². The Morgan fingerprint density at radius 2 is 2.05 bits per heavy atom. The Morgan fingerprint density at radius 1 is 1.32 bits per heavy atom. The first-order chi connectivity index (χ1) is 8.93. The Hall–Kier alpha value is -1.86. The van der Waals surface area contributed by atoms with Crippen molar-refractivity contribution in [3.05, 3.63) is 48.2 Å². The van der Waals surface area contributed by atoms with Crippen LogP contribution in [0.25, 0.3) is 0 Å². The van der Waals surface area contributed by atoms with Crippen molar-refractivity contribution >= 4 is 15.7 Å². The highest BCUT2D eigenvalue weighted by Crippen LogP contribution is 2.25. The molecule has 2 N–H and O–H groups in total. The molecule has 0 radical (unpaired) electrons. The minimum Gasteiger partial charge on any atom is -0.468 e. The van der Waals surface area contributed by atoms with Gasteiger partial charge in [0.05, 0.1) is 18.5 Å². The Balaban J connectivity index is 2.37. The van der Waals surface area contributed by atoms with Gasteiger partial charge < -0.3 is 10.2 Å². The second kappa shape index (κ2) is 5.02. The molecule has 0 bridgehead atoms. The molecular formula is C12H13FN2O3S. The maximum Gasteiger partial charge on any atom is 0.248 e. The van der Waals surface area contributed by atoms with Crippen LogP contribution in [0.2, 0.25) is 0 Å². The van der Waals surface area contributed by atoms with Crippen molar-refractivity contribution in [2.75, 3.05) is 12.8 Å². The third-order valence-corrected chi connectivity index (χ3v) is 4.52. The first-order valence-corrected chi connectivity index (χ1v) is 6.89. The number of sulfonamides is 1. The van der Waals surface area contributed by atoms with E-state index in [4.69, 9.17) is 10.2 Å². The van der Waals surface area contributed by atoms with Crippen molar-refractivity contribution in [2.45, 2.75) is 11.4 Å². The van der Waals surface area contributed by atoms with Gasteiger partial charge >= 0.3 is 0 Å². The summed E-state index contributed by atoms with van der Waals surface area (Å²) in [7, 11) is -2.67. The molecule has 2 rings (SSSR count). The molecule has 7 heteroatoms. The second-order valence-electron chi connectivity index (χ2n) is 4.00. The average Bonchev–Trinajstić information content (AvgIpc) is 2.81. The maximum absolute atomic E-state index is 13.7. The van der Waals surface area contributed by atoms with E-state index < -0.39 is 20.7 Å². The van der Waals surface area contributed by atoms with E-state index in [0.29, 0.717) is 5.76 Å². The molecule has 102 valence electrons. The van der Waals surface area contributed by atoms with E-state index in [1.807, 2.05) is 0 Å². The summed E-state index contributed by atoms with van der Waals surface area (Å²) >= 11 is 0. The predicted octanol–water partition coefficient (Wildman–Crippen LogP) is 1.82. The van der Waals surface area contributed by atoms with Crippen LogP contribution in [0.1, 0.15) is 5.76 Å². The molecule has 0 atom stereocenters. The zero-order valence-corrected chi connectivity index (χ0v) is 11.0. The largest absolute Gasteiger partial charge is 0.468 e. The number of anilines is 1. The highest BCUT2D eigenvalue weighted by molar-refractivity contribution is 7.89. The monoisotopic (exact) mass is 284 g/mol. The number of rotatable bonds is 4. The van der Waals surface area contributed by atoms with Gasteiger partial charge in [-0.05, 0) is 24.3 Å². The summed E-state index contributed by atoms with van der Waals surface area (Å²) in [5.41, 5.74) is 5.43. The summed E-state index contributed by atoms with van der Waals surface area (Å²) < 4.78 is 44.3. The molecule has 1 aromatic carbocycles. The second-order valence-corrected chi connectivity index (χ2v) is 5.98. The van der Waals surface area contributed by atoms with Crippen LogP contribution in [0.15, 0.2) is 45.9 Å². The van der Waals surface area contributed by atoms with Crippen molar-refractivity contribution in [3.63, 3.8) is 0 Å².